The van der Waals surface area contributed by atoms with Crippen molar-refractivity contribution < 1.29 is 19.4 Å². The van der Waals surface area contributed by atoms with E-state index in [1.165, 1.54) is 7.11 Å². The number of carbonyl (C=O) groups excluding carboxylic acids is 1. The number of methoxy groups -OCH3 is 1. The number of aliphatic hydroxyl groups excluding tert-OH is 1. The van der Waals surface area contributed by atoms with Crippen molar-refractivity contribution in [3.63, 3.8) is 0 Å². The van der Waals surface area contributed by atoms with E-state index in [1.54, 1.807) is 0 Å². The fraction of sp³-hybridized carbons (Fsp3) is 0.929. The Morgan fingerprint density at radius 3 is 2.26 bits per heavy atom. The van der Waals surface area contributed by atoms with Crippen molar-refractivity contribution in [1.82, 2.24) is 5.32 Å². The van der Waals surface area contributed by atoms with Gasteiger partial charge in [0.1, 0.15) is 6.04 Å². The monoisotopic (exact) mass is 275 g/mol. The Kier molecular flexibility index (Phi) is 9.83. The Hall–Kier alpha value is -0.650. The van der Waals surface area contributed by atoms with Crippen LogP contribution in [0.4, 0.5) is 0 Å². The molecule has 5 nitrogen and oxygen atoms in total. The number of aliphatic hydroxyl groups is 1. The first-order chi connectivity index (χ1) is 8.86. The molecule has 0 spiro atoms. The van der Waals surface area contributed by atoms with Crippen LogP contribution in [-0.4, -0.2) is 50.1 Å². The SMILES string of the molecule is COC(=O)C(CC(C)C)NCC(O)COCC(C)C. The summed E-state index contributed by atoms with van der Waals surface area (Å²) in [6.45, 7) is 9.43. The molecule has 0 radical (unpaired) electrons. The molecule has 0 saturated heterocycles. The van der Waals surface area contributed by atoms with Crippen LogP contribution < -0.4 is 5.32 Å². The molecule has 5 heteroatoms. The van der Waals surface area contributed by atoms with Crippen LogP contribution in [0.2, 0.25) is 0 Å². The second-order valence-electron chi connectivity index (χ2n) is 5.70. The van der Waals surface area contributed by atoms with Gasteiger partial charge in [0, 0.05) is 13.2 Å². The first-order valence-electron chi connectivity index (χ1n) is 6.93. The molecular formula is C14H29NO4. The third kappa shape index (κ3) is 9.87. The van der Waals surface area contributed by atoms with Crippen LogP contribution in [0.15, 0.2) is 0 Å². The summed E-state index contributed by atoms with van der Waals surface area (Å²) in [7, 11) is 1.37. The Morgan fingerprint density at radius 2 is 1.79 bits per heavy atom. The zero-order valence-corrected chi connectivity index (χ0v) is 12.8. The van der Waals surface area contributed by atoms with Crippen LogP contribution in [0, 0.1) is 11.8 Å². The van der Waals surface area contributed by atoms with E-state index in [2.05, 4.69) is 19.2 Å². The lowest BCUT2D eigenvalue weighted by molar-refractivity contribution is -0.143. The molecule has 19 heavy (non-hydrogen) atoms. The van der Waals surface area contributed by atoms with E-state index in [0.29, 0.717) is 31.4 Å². The summed E-state index contributed by atoms with van der Waals surface area (Å²) in [5, 5.41) is 12.8. The van der Waals surface area contributed by atoms with E-state index >= 15 is 0 Å². The molecule has 0 saturated carbocycles. The minimum atomic E-state index is -0.613. The molecule has 0 rings (SSSR count). The molecule has 0 amide bonds. The molecular weight excluding hydrogens is 246 g/mol. The smallest absolute Gasteiger partial charge is 0.322 e. The number of nitrogens with one attached hydrogen (secondary N) is 1. The molecule has 0 aliphatic carbocycles. The number of carbonyl (C=O) groups is 1. The van der Waals surface area contributed by atoms with Gasteiger partial charge in [-0.1, -0.05) is 27.7 Å². The van der Waals surface area contributed by atoms with Crippen LogP contribution in [0.3, 0.4) is 0 Å². The molecule has 0 bridgehead atoms. The summed E-state index contributed by atoms with van der Waals surface area (Å²) >= 11 is 0. The van der Waals surface area contributed by atoms with E-state index < -0.39 is 6.10 Å². The molecule has 0 aromatic rings. The third-order valence-electron chi connectivity index (χ3n) is 2.55. The van der Waals surface area contributed by atoms with Crippen LogP contribution in [0.5, 0.6) is 0 Å². The summed E-state index contributed by atoms with van der Waals surface area (Å²) < 4.78 is 10.1. The van der Waals surface area contributed by atoms with E-state index in [4.69, 9.17) is 9.47 Å². The predicted octanol–water partition coefficient (Wildman–Crippen LogP) is 1.20. The number of ether oxygens (including phenoxy) is 2. The topological polar surface area (TPSA) is 67.8 Å². The van der Waals surface area contributed by atoms with Gasteiger partial charge in [-0.15, -0.1) is 0 Å². The van der Waals surface area contributed by atoms with Crippen LogP contribution in [0.1, 0.15) is 34.1 Å². The first kappa shape index (κ1) is 18.4. The molecule has 0 aromatic heterocycles. The lowest BCUT2D eigenvalue weighted by Gasteiger charge is -2.20. The standard InChI is InChI=1S/C14H29NO4/c1-10(2)6-13(14(17)18-5)15-7-12(16)9-19-8-11(3)4/h10-13,15-16H,6-9H2,1-5H3. The summed E-state index contributed by atoms with van der Waals surface area (Å²) in [5.41, 5.74) is 0. The van der Waals surface area contributed by atoms with Crippen LogP contribution in [0.25, 0.3) is 0 Å². The molecule has 114 valence electrons. The fourth-order valence-corrected chi connectivity index (χ4v) is 1.65. The van der Waals surface area contributed by atoms with Crippen LogP contribution >= 0.6 is 0 Å². The van der Waals surface area contributed by atoms with Crippen LogP contribution in [-0.2, 0) is 14.3 Å². The fourth-order valence-electron chi connectivity index (χ4n) is 1.65. The molecule has 2 atom stereocenters. The maximum atomic E-state index is 11.6. The van der Waals surface area contributed by atoms with Gasteiger partial charge >= 0.3 is 5.97 Å². The summed E-state index contributed by atoms with van der Waals surface area (Å²) in [5.74, 6) is 0.541. The highest BCUT2D eigenvalue weighted by atomic mass is 16.5. The van der Waals surface area contributed by atoms with Gasteiger partial charge in [0.15, 0.2) is 0 Å². The highest BCUT2D eigenvalue weighted by Crippen LogP contribution is 2.06. The Labute approximate surface area is 116 Å². The highest BCUT2D eigenvalue weighted by Gasteiger charge is 2.20. The number of hydrogen-bond donors (Lipinski definition) is 2. The maximum Gasteiger partial charge on any atom is 0.322 e. The highest BCUT2D eigenvalue weighted by molar-refractivity contribution is 5.75. The molecule has 0 fully saturated rings. The first-order valence-corrected chi connectivity index (χ1v) is 6.93. The number of hydrogen-bond acceptors (Lipinski definition) is 5. The van der Waals surface area contributed by atoms with Gasteiger partial charge in [-0.05, 0) is 18.3 Å². The minimum Gasteiger partial charge on any atom is -0.468 e. The Bertz CT molecular complexity index is 244. The van der Waals surface area contributed by atoms with Crippen molar-refractivity contribution in [3.8, 4) is 0 Å². The van der Waals surface area contributed by atoms with Crippen molar-refractivity contribution in [2.24, 2.45) is 11.8 Å². The predicted molar refractivity (Wildman–Crippen MR) is 74.9 cm³/mol. The van der Waals surface area contributed by atoms with Gasteiger partial charge in [-0.2, -0.15) is 0 Å². The number of rotatable bonds is 10. The van der Waals surface area contributed by atoms with E-state index in [1.807, 2.05) is 13.8 Å². The zero-order chi connectivity index (χ0) is 14.8. The van der Waals surface area contributed by atoms with Gasteiger partial charge in [-0.25, -0.2) is 0 Å². The molecule has 0 aromatic carbocycles. The summed E-state index contributed by atoms with van der Waals surface area (Å²) in [6.07, 6.45) is 0.0739. The average molecular weight is 275 g/mol. The molecule has 2 unspecified atom stereocenters. The van der Waals surface area contributed by atoms with Gasteiger partial charge in [0.2, 0.25) is 0 Å². The molecule has 0 aliphatic rings. The van der Waals surface area contributed by atoms with E-state index in [0.717, 1.165) is 0 Å². The largest absolute Gasteiger partial charge is 0.468 e. The lowest BCUT2D eigenvalue weighted by Crippen LogP contribution is -2.43. The van der Waals surface area contributed by atoms with Crippen molar-refractivity contribution >= 4 is 5.97 Å². The molecule has 0 aliphatic heterocycles. The zero-order valence-electron chi connectivity index (χ0n) is 12.8. The third-order valence-corrected chi connectivity index (χ3v) is 2.55. The van der Waals surface area contributed by atoms with E-state index in [-0.39, 0.29) is 18.6 Å². The normalized spacial score (nSPS) is 14.7. The van der Waals surface area contributed by atoms with Gasteiger partial charge in [-0.3, -0.25) is 4.79 Å². The minimum absolute atomic E-state index is 0.279. The second-order valence-corrected chi connectivity index (χ2v) is 5.70. The van der Waals surface area contributed by atoms with Crippen molar-refractivity contribution in [3.05, 3.63) is 0 Å². The van der Waals surface area contributed by atoms with Crippen molar-refractivity contribution in [2.45, 2.75) is 46.3 Å². The second kappa shape index (κ2) is 10.2. The lowest BCUT2D eigenvalue weighted by atomic mass is 10.0. The molecule has 2 N–H and O–H groups in total. The summed E-state index contributed by atoms with van der Waals surface area (Å²) in [6, 6.07) is -0.371. The van der Waals surface area contributed by atoms with Gasteiger partial charge in [0.25, 0.3) is 0 Å². The quantitative estimate of drug-likeness (QED) is 0.586. The van der Waals surface area contributed by atoms with E-state index in [9.17, 15) is 9.90 Å². The van der Waals surface area contributed by atoms with Crippen molar-refractivity contribution in [1.29, 1.82) is 0 Å². The van der Waals surface area contributed by atoms with Gasteiger partial charge < -0.3 is 19.9 Å². The average Bonchev–Trinajstić information content (AvgIpc) is 2.32. The Morgan fingerprint density at radius 1 is 1.16 bits per heavy atom. The molecule has 0 heterocycles. The van der Waals surface area contributed by atoms with Crippen molar-refractivity contribution in [2.75, 3.05) is 26.9 Å². The maximum absolute atomic E-state index is 11.6. The summed E-state index contributed by atoms with van der Waals surface area (Å²) in [4.78, 5) is 11.6. The Balaban J connectivity index is 3.98. The number of esters is 1. The van der Waals surface area contributed by atoms with Gasteiger partial charge in [0.05, 0.1) is 19.8 Å².